The topological polar surface area (TPSA) is 55.8 Å². The molecule has 3 rings (SSSR count). The van der Waals surface area contributed by atoms with Gasteiger partial charge in [-0.3, -0.25) is 4.79 Å². The quantitative estimate of drug-likeness (QED) is 0.747. The van der Waals surface area contributed by atoms with E-state index in [1.54, 1.807) is 14.2 Å². The van der Waals surface area contributed by atoms with Crippen LogP contribution in [-0.4, -0.2) is 25.3 Å². The van der Waals surface area contributed by atoms with Gasteiger partial charge in [-0.2, -0.15) is 0 Å². The zero-order chi connectivity index (χ0) is 15.7. The molecule has 3 aromatic rings. The van der Waals surface area contributed by atoms with Gasteiger partial charge >= 0.3 is 5.97 Å². The predicted octanol–water partition coefficient (Wildman–Crippen LogP) is 3.64. The first-order chi connectivity index (χ1) is 10.7. The lowest BCUT2D eigenvalue weighted by Gasteiger charge is -2.15. The van der Waals surface area contributed by atoms with Crippen molar-refractivity contribution in [2.75, 3.05) is 14.2 Å². The van der Waals surface area contributed by atoms with Crippen molar-refractivity contribution in [3.8, 4) is 11.5 Å². The maximum absolute atomic E-state index is 10.9. The molecule has 112 valence electrons. The predicted molar refractivity (Wildman–Crippen MR) is 85.9 cm³/mol. The van der Waals surface area contributed by atoms with Gasteiger partial charge in [0, 0.05) is 21.5 Å². The normalized spacial score (nSPS) is 10.8. The van der Waals surface area contributed by atoms with E-state index in [4.69, 9.17) is 14.6 Å². The van der Waals surface area contributed by atoms with Crippen molar-refractivity contribution in [1.82, 2.24) is 0 Å². The van der Waals surface area contributed by atoms with Crippen LogP contribution < -0.4 is 9.47 Å². The second-order valence-electron chi connectivity index (χ2n) is 5.06. The number of carbonyl (C=O) groups is 1. The number of aliphatic carboxylic acids is 1. The molecule has 0 heterocycles. The Morgan fingerprint density at radius 1 is 0.909 bits per heavy atom. The van der Waals surface area contributed by atoms with Crippen molar-refractivity contribution in [1.29, 1.82) is 0 Å². The van der Waals surface area contributed by atoms with E-state index in [0.29, 0.717) is 0 Å². The second-order valence-corrected chi connectivity index (χ2v) is 5.06. The first kappa shape index (κ1) is 14.2. The molecule has 0 aromatic heterocycles. The highest BCUT2D eigenvalue weighted by atomic mass is 16.5. The van der Waals surface area contributed by atoms with Gasteiger partial charge < -0.3 is 14.6 Å². The minimum absolute atomic E-state index is 0.0196. The Morgan fingerprint density at radius 2 is 1.45 bits per heavy atom. The van der Waals surface area contributed by atoms with Gasteiger partial charge in [0.2, 0.25) is 0 Å². The van der Waals surface area contributed by atoms with Crippen LogP contribution in [0, 0.1) is 0 Å². The molecule has 0 aliphatic heterocycles. The number of rotatable bonds is 4. The Balaban J connectivity index is 2.41. The average Bonchev–Trinajstić information content (AvgIpc) is 2.51. The van der Waals surface area contributed by atoms with Crippen molar-refractivity contribution < 1.29 is 19.4 Å². The second kappa shape index (κ2) is 5.56. The smallest absolute Gasteiger partial charge is 0.307 e. The van der Waals surface area contributed by atoms with Gasteiger partial charge in [0.25, 0.3) is 0 Å². The number of hydrogen-bond donors (Lipinski definition) is 1. The standard InChI is InChI=1S/C18H16O4/c1-21-17-12-5-3-4-6-13(12)18(22-2)15-9-11(10-16(19)20)7-8-14(15)17/h3-9H,10H2,1-2H3,(H,19,20). The summed E-state index contributed by atoms with van der Waals surface area (Å²) in [6, 6.07) is 13.4. The highest BCUT2D eigenvalue weighted by Crippen LogP contribution is 2.42. The van der Waals surface area contributed by atoms with Crippen LogP contribution in [0.5, 0.6) is 11.5 Å². The number of benzene rings is 3. The van der Waals surface area contributed by atoms with E-state index in [-0.39, 0.29) is 6.42 Å². The summed E-state index contributed by atoms with van der Waals surface area (Å²) in [5.74, 6) is 0.651. The van der Waals surface area contributed by atoms with E-state index in [9.17, 15) is 4.79 Å². The van der Waals surface area contributed by atoms with Crippen LogP contribution in [0.25, 0.3) is 21.5 Å². The summed E-state index contributed by atoms with van der Waals surface area (Å²) in [6.07, 6.45) is -0.0196. The lowest BCUT2D eigenvalue weighted by Crippen LogP contribution is -2.00. The van der Waals surface area contributed by atoms with Gasteiger partial charge in [0.05, 0.1) is 20.6 Å². The molecule has 0 radical (unpaired) electrons. The molecule has 22 heavy (non-hydrogen) atoms. The average molecular weight is 296 g/mol. The fraction of sp³-hybridized carbons (Fsp3) is 0.167. The Morgan fingerprint density at radius 3 is 2.00 bits per heavy atom. The van der Waals surface area contributed by atoms with Crippen molar-refractivity contribution in [2.45, 2.75) is 6.42 Å². The molecule has 4 heteroatoms. The molecule has 0 aliphatic carbocycles. The van der Waals surface area contributed by atoms with Gasteiger partial charge in [-0.25, -0.2) is 0 Å². The van der Waals surface area contributed by atoms with E-state index >= 15 is 0 Å². The summed E-state index contributed by atoms with van der Waals surface area (Å²) < 4.78 is 11.2. The summed E-state index contributed by atoms with van der Waals surface area (Å²) in [6.45, 7) is 0. The van der Waals surface area contributed by atoms with Gasteiger partial charge in [0.1, 0.15) is 11.5 Å². The largest absolute Gasteiger partial charge is 0.495 e. The summed E-state index contributed by atoms with van der Waals surface area (Å²) in [4.78, 5) is 10.9. The Bertz CT molecular complexity index is 868. The lowest BCUT2D eigenvalue weighted by molar-refractivity contribution is -0.136. The summed E-state index contributed by atoms with van der Waals surface area (Å²) in [5.41, 5.74) is 0.732. The molecule has 0 saturated carbocycles. The van der Waals surface area contributed by atoms with Crippen molar-refractivity contribution in [3.05, 3.63) is 48.0 Å². The van der Waals surface area contributed by atoms with Crippen molar-refractivity contribution in [3.63, 3.8) is 0 Å². The Hall–Kier alpha value is -2.75. The molecule has 0 spiro atoms. The molecule has 0 bridgehead atoms. The van der Waals surface area contributed by atoms with Crippen LogP contribution in [0.4, 0.5) is 0 Å². The third kappa shape index (κ3) is 2.22. The van der Waals surface area contributed by atoms with E-state index in [1.807, 2.05) is 42.5 Å². The minimum Gasteiger partial charge on any atom is -0.495 e. The summed E-state index contributed by atoms with van der Waals surface area (Å²) in [5, 5.41) is 12.7. The number of hydrogen-bond acceptors (Lipinski definition) is 3. The number of ether oxygens (including phenoxy) is 2. The van der Waals surface area contributed by atoms with Crippen molar-refractivity contribution in [2.24, 2.45) is 0 Å². The third-order valence-corrected chi connectivity index (χ3v) is 3.75. The Labute approximate surface area is 127 Å². The molecule has 0 aliphatic rings. The molecule has 0 unspecified atom stereocenters. The lowest BCUT2D eigenvalue weighted by atomic mass is 9.98. The molecule has 1 N–H and O–H groups in total. The van der Waals surface area contributed by atoms with E-state index in [1.165, 1.54) is 0 Å². The highest BCUT2D eigenvalue weighted by molar-refractivity contribution is 6.11. The first-order valence-electron chi connectivity index (χ1n) is 6.92. The van der Waals surface area contributed by atoms with E-state index in [0.717, 1.165) is 38.6 Å². The molecule has 0 saturated heterocycles. The third-order valence-electron chi connectivity index (χ3n) is 3.75. The highest BCUT2D eigenvalue weighted by Gasteiger charge is 2.15. The van der Waals surface area contributed by atoms with Crippen LogP contribution in [0.3, 0.4) is 0 Å². The van der Waals surface area contributed by atoms with Crippen LogP contribution in [-0.2, 0) is 11.2 Å². The maximum atomic E-state index is 10.9. The fourth-order valence-corrected chi connectivity index (χ4v) is 2.87. The number of carboxylic acid groups (broad SMARTS) is 1. The Kier molecular flexibility index (Phi) is 3.59. The van der Waals surface area contributed by atoms with Crippen LogP contribution in [0.15, 0.2) is 42.5 Å². The molecular weight excluding hydrogens is 280 g/mol. The van der Waals surface area contributed by atoms with Crippen molar-refractivity contribution >= 4 is 27.5 Å². The number of fused-ring (bicyclic) bond motifs is 2. The summed E-state index contributed by atoms with van der Waals surface area (Å²) in [7, 11) is 3.26. The van der Waals surface area contributed by atoms with Crippen LogP contribution in [0.1, 0.15) is 5.56 Å². The zero-order valence-electron chi connectivity index (χ0n) is 12.4. The molecule has 0 atom stereocenters. The van der Waals surface area contributed by atoms with E-state index in [2.05, 4.69) is 0 Å². The summed E-state index contributed by atoms with van der Waals surface area (Å²) >= 11 is 0. The number of methoxy groups -OCH3 is 2. The van der Waals surface area contributed by atoms with Gasteiger partial charge in [-0.1, -0.05) is 36.4 Å². The first-order valence-corrected chi connectivity index (χ1v) is 6.92. The molecule has 3 aromatic carbocycles. The van der Waals surface area contributed by atoms with Gasteiger partial charge in [-0.05, 0) is 11.6 Å². The maximum Gasteiger partial charge on any atom is 0.307 e. The number of carboxylic acids is 1. The van der Waals surface area contributed by atoms with Gasteiger partial charge in [-0.15, -0.1) is 0 Å². The van der Waals surface area contributed by atoms with E-state index < -0.39 is 5.97 Å². The van der Waals surface area contributed by atoms with Gasteiger partial charge in [0.15, 0.2) is 0 Å². The SMILES string of the molecule is COc1c2ccccc2c(OC)c2cc(CC(=O)O)ccc12. The zero-order valence-corrected chi connectivity index (χ0v) is 12.4. The van der Waals surface area contributed by atoms with Crippen LogP contribution >= 0.6 is 0 Å². The minimum atomic E-state index is -0.855. The molecule has 0 fully saturated rings. The monoisotopic (exact) mass is 296 g/mol. The molecule has 4 nitrogen and oxygen atoms in total. The molecule has 0 amide bonds. The molecular formula is C18H16O4. The van der Waals surface area contributed by atoms with Crippen LogP contribution in [0.2, 0.25) is 0 Å². The fourth-order valence-electron chi connectivity index (χ4n) is 2.87.